The normalized spacial score (nSPS) is 12.0. The summed E-state index contributed by atoms with van der Waals surface area (Å²) in [5.41, 5.74) is 1.09. The van der Waals surface area contributed by atoms with E-state index < -0.39 is 15.6 Å². The third-order valence-corrected chi connectivity index (χ3v) is 4.01. The van der Waals surface area contributed by atoms with Crippen LogP contribution in [0.1, 0.15) is 22.4 Å². The van der Waals surface area contributed by atoms with Crippen LogP contribution in [0.3, 0.4) is 0 Å². The summed E-state index contributed by atoms with van der Waals surface area (Å²) in [7, 11) is -3.95. The average molecular weight is 349 g/mol. The zero-order valence-electron chi connectivity index (χ0n) is 13.4. The van der Waals surface area contributed by atoms with E-state index in [0.717, 1.165) is 0 Å². The second-order valence-electron chi connectivity index (χ2n) is 5.41. The predicted molar refractivity (Wildman–Crippen MR) is 79.8 cm³/mol. The maximum absolute atomic E-state index is 10.7. The Bertz CT molecular complexity index is 843. The summed E-state index contributed by atoms with van der Waals surface area (Å²) >= 11 is 0. The van der Waals surface area contributed by atoms with Gasteiger partial charge in [-0.25, -0.2) is 8.42 Å². The molecule has 0 atom stereocenters. The van der Waals surface area contributed by atoms with Crippen LogP contribution in [0.5, 0.6) is 0 Å². The third kappa shape index (κ3) is 4.42. The van der Waals surface area contributed by atoms with Crippen molar-refractivity contribution in [2.45, 2.75) is 33.2 Å². The number of fused-ring (bicyclic) bond motifs is 1. The van der Waals surface area contributed by atoms with E-state index in [2.05, 4.69) is 57.5 Å². The molecule has 0 saturated heterocycles. The topological polar surface area (TPSA) is 61.1 Å². The highest BCUT2D eigenvalue weighted by molar-refractivity contribution is 7.86. The highest BCUT2D eigenvalue weighted by Crippen LogP contribution is 2.21. The Labute approximate surface area is 133 Å². The fourth-order valence-electron chi connectivity index (χ4n) is 2.37. The van der Waals surface area contributed by atoms with Gasteiger partial charge in [-0.05, 0) is 44.0 Å². The molecule has 2 aromatic rings. The Kier molecular flexibility index (Phi) is 5.43. The number of halogens is 3. The van der Waals surface area contributed by atoms with Gasteiger partial charge in [-0.1, -0.05) is 0 Å². The lowest BCUT2D eigenvalue weighted by molar-refractivity contribution is -0.651. The summed E-state index contributed by atoms with van der Waals surface area (Å²) in [6, 6.07) is 6.78. The van der Waals surface area contributed by atoms with Gasteiger partial charge in [0.2, 0.25) is 5.52 Å². The number of hydrogen-bond donors (Lipinski definition) is 0. The van der Waals surface area contributed by atoms with Crippen LogP contribution in [0.25, 0.3) is 10.9 Å². The van der Waals surface area contributed by atoms with Crippen molar-refractivity contribution in [3.63, 3.8) is 0 Å². The SMILES string of the molecule is Cc1cc(C)c2c(c1)c(C)cc(C)[n+]2C.O=S(=O)([O-])C(F)(F)F. The Morgan fingerprint density at radius 1 is 1.00 bits per heavy atom. The molecule has 2 rings (SSSR count). The number of nitrogens with zero attached hydrogens (tertiary/aromatic N) is 1. The highest BCUT2D eigenvalue weighted by atomic mass is 32.2. The number of pyridine rings is 1. The molecule has 8 heteroatoms. The number of aryl methyl sites for hydroxylation is 5. The van der Waals surface area contributed by atoms with Crippen molar-refractivity contribution >= 4 is 21.0 Å². The van der Waals surface area contributed by atoms with E-state index in [9.17, 15) is 13.2 Å². The lowest BCUT2D eigenvalue weighted by atomic mass is 10.0. The molecule has 0 saturated carbocycles. The van der Waals surface area contributed by atoms with Crippen LogP contribution in [0.15, 0.2) is 18.2 Å². The molecule has 0 fully saturated rings. The second kappa shape index (κ2) is 6.45. The molecule has 128 valence electrons. The van der Waals surface area contributed by atoms with Gasteiger partial charge in [-0.15, -0.1) is 0 Å². The standard InChI is InChI=1S/C14H18N.CHF3O3S/c1-9-6-11(3)14-13(7-9)10(2)8-12(4)15(14)5;2-1(3,4)8(5,6)7/h6-8H,1-5H3;(H,5,6,7)/q+1;/p-1. The molecule has 1 aromatic heterocycles. The van der Waals surface area contributed by atoms with Crippen molar-refractivity contribution < 1.29 is 30.7 Å². The number of rotatable bonds is 0. The van der Waals surface area contributed by atoms with Crippen LogP contribution >= 0.6 is 0 Å². The third-order valence-electron chi connectivity index (χ3n) is 3.44. The number of alkyl halides is 3. The summed E-state index contributed by atoms with van der Waals surface area (Å²) in [5.74, 6) is 0. The van der Waals surface area contributed by atoms with Crippen LogP contribution in [0.2, 0.25) is 0 Å². The summed E-state index contributed by atoms with van der Waals surface area (Å²) < 4.78 is 61.2. The molecule has 23 heavy (non-hydrogen) atoms. The Balaban J connectivity index is 0.000000284. The second-order valence-corrected chi connectivity index (χ2v) is 6.78. The fourth-order valence-corrected chi connectivity index (χ4v) is 2.37. The van der Waals surface area contributed by atoms with Gasteiger partial charge in [-0.3, -0.25) is 0 Å². The van der Waals surface area contributed by atoms with Gasteiger partial charge in [0.25, 0.3) is 0 Å². The van der Waals surface area contributed by atoms with Crippen LogP contribution < -0.4 is 4.57 Å². The monoisotopic (exact) mass is 349 g/mol. The van der Waals surface area contributed by atoms with Crippen molar-refractivity contribution in [1.29, 1.82) is 0 Å². The Morgan fingerprint density at radius 2 is 1.48 bits per heavy atom. The van der Waals surface area contributed by atoms with Crippen molar-refractivity contribution in [3.05, 3.63) is 40.6 Å². The van der Waals surface area contributed by atoms with Gasteiger partial charge in [0.1, 0.15) is 7.05 Å². The minimum absolute atomic E-state index is 1.31. The molecule has 0 N–H and O–H groups in total. The maximum atomic E-state index is 10.7. The first-order valence-corrected chi connectivity index (χ1v) is 8.06. The van der Waals surface area contributed by atoms with Crippen LogP contribution in [-0.4, -0.2) is 18.5 Å². The van der Waals surface area contributed by atoms with Crippen LogP contribution in [0.4, 0.5) is 13.2 Å². The first kappa shape index (κ1) is 19.4. The summed E-state index contributed by atoms with van der Waals surface area (Å²) in [4.78, 5) is 0. The molecular weight excluding hydrogens is 331 g/mol. The molecule has 1 heterocycles. The van der Waals surface area contributed by atoms with Gasteiger partial charge < -0.3 is 4.55 Å². The number of hydrogen-bond acceptors (Lipinski definition) is 3. The lowest BCUT2D eigenvalue weighted by Gasteiger charge is -2.08. The first-order valence-electron chi connectivity index (χ1n) is 6.65. The van der Waals surface area contributed by atoms with Gasteiger partial charge in [0.05, 0.1) is 0 Å². The van der Waals surface area contributed by atoms with Gasteiger partial charge in [0.15, 0.2) is 15.8 Å². The zero-order chi connectivity index (χ0) is 18.2. The van der Waals surface area contributed by atoms with Crippen LogP contribution in [0, 0.1) is 27.7 Å². The Morgan fingerprint density at radius 3 is 1.91 bits per heavy atom. The summed E-state index contributed by atoms with van der Waals surface area (Å²) in [5, 5.41) is 1.38. The van der Waals surface area contributed by atoms with Crippen molar-refractivity contribution in [2.24, 2.45) is 7.05 Å². The van der Waals surface area contributed by atoms with Crippen molar-refractivity contribution in [1.82, 2.24) is 0 Å². The molecule has 1 aromatic carbocycles. The van der Waals surface area contributed by atoms with Gasteiger partial charge >= 0.3 is 5.51 Å². The highest BCUT2D eigenvalue weighted by Gasteiger charge is 2.36. The Hall–Kier alpha value is -1.67. The maximum Gasteiger partial charge on any atom is 0.485 e. The average Bonchev–Trinajstić information content (AvgIpc) is 2.33. The van der Waals surface area contributed by atoms with E-state index in [1.807, 2.05) is 0 Å². The predicted octanol–water partition coefficient (Wildman–Crippen LogP) is 2.95. The minimum atomic E-state index is -6.09. The van der Waals surface area contributed by atoms with E-state index in [1.54, 1.807) is 0 Å². The number of benzene rings is 1. The summed E-state index contributed by atoms with van der Waals surface area (Å²) in [6.07, 6.45) is 0. The zero-order valence-corrected chi connectivity index (χ0v) is 14.3. The largest absolute Gasteiger partial charge is 0.741 e. The van der Waals surface area contributed by atoms with Crippen molar-refractivity contribution in [3.8, 4) is 0 Å². The summed E-state index contributed by atoms with van der Waals surface area (Å²) in [6.45, 7) is 8.69. The molecule has 0 bridgehead atoms. The quantitative estimate of drug-likeness (QED) is 0.417. The van der Waals surface area contributed by atoms with E-state index in [0.29, 0.717) is 0 Å². The van der Waals surface area contributed by atoms with Gasteiger partial charge in [-0.2, -0.15) is 17.7 Å². The fraction of sp³-hybridized carbons (Fsp3) is 0.400. The molecule has 0 unspecified atom stereocenters. The molecular formula is C15H18F3NO3S. The van der Waals surface area contributed by atoms with E-state index in [-0.39, 0.29) is 0 Å². The lowest BCUT2D eigenvalue weighted by Crippen LogP contribution is -2.33. The van der Waals surface area contributed by atoms with Crippen molar-refractivity contribution in [2.75, 3.05) is 0 Å². The van der Waals surface area contributed by atoms with Crippen LogP contribution in [-0.2, 0) is 17.2 Å². The minimum Gasteiger partial charge on any atom is -0.741 e. The molecule has 0 spiro atoms. The molecule has 0 aliphatic rings. The first-order chi connectivity index (χ1) is 10.3. The smallest absolute Gasteiger partial charge is 0.485 e. The molecule has 0 radical (unpaired) electrons. The molecule has 0 amide bonds. The molecule has 4 nitrogen and oxygen atoms in total. The van der Waals surface area contributed by atoms with E-state index in [4.69, 9.17) is 13.0 Å². The van der Waals surface area contributed by atoms with E-state index in [1.165, 1.54) is 33.3 Å². The molecule has 0 aliphatic carbocycles. The van der Waals surface area contributed by atoms with E-state index >= 15 is 0 Å². The number of aromatic nitrogens is 1. The molecule has 0 aliphatic heterocycles. The van der Waals surface area contributed by atoms with Gasteiger partial charge in [0, 0.05) is 23.9 Å².